The maximum Gasteiger partial charge on any atom is 0.438 e. The minimum Gasteiger partial charge on any atom is -0.362 e. The van der Waals surface area contributed by atoms with Crippen molar-refractivity contribution in [2.45, 2.75) is 51.3 Å². The lowest BCUT2D eigenvalue weighted by molar-refractivity contribution is -0.302. The van der Waals surface area contributed by atoms with Crippen LogP contribution in [0.25, 0.3) is 0 Å². The van der Waals surface area contributed by atoms with Crippen LogP contribution in [-0.4, -0.2) is 43.4 Å². The molecule has 1 N–H and O–H groups in total. The standard InChI is InChI=1S/C13H14F6N4O2/c1-7-6-11(25,13(17,18)19)23(20-7)10(24)3-4-22-8(2)5-9(21-22)12(14,15)16/h5,25H,3-4,6H2,1-2H3/t11-/m0/s1. The van der Waals surface area contributed by atoms with Crippen molar-refractivity contribution in [3.05, 3.63) is 17.5 Å². The molecular formula is C13H14F6N4O2. The van der Waals surface area contributed by atoms with Gasteiger partial charge in [-0.25, -0.2) is 0 Å². The number of halogens is 6. The summed E-state index contributed by atoms with van der Waals surface area (Å²) < 4.78 is 77.7. The summed E-state index contributed by atoms with van der Waals surface area (Å²) in [5.74, 6) is -1.18. The fourth-order valence-corrected chi connectivity index (χ4v) is 2.39. The van der Waals surface area contributed by atoms with Crippen molar-refractivity contribution in [2.75, 3.05) is 0 Å². The van der Waals surface area contributed by atoms with Crippen LogP contribution in [0.5, 0.6) is 0 Å². The molecule has 2 heterocycles. The van der Waals surface area contributed by atoms with Crippen LogP contribution in [0.3, 0.4) is 0 Å². The first kappa shape index (κ1) is 19.2. The van der Waals surface area contributed by atoms with Gasteiger partial charge in [0.15, 0.2) is 5.69 Å². The maximum absolute atomic E-state index is 13.0. The summed E-state index contributed by atoms with van der Waals surface area (Å²) in [7, 11) is 0. The Bertz CT molecular complexity index is 708. The van der Waals surface area contributed by atoms with Crippen LogP contribution in [0.2, 0.25) is 0 Å². The van der Waals surface area contributed by atoms with E-state index >= 15 is 0 Å². The van der Waals surface area contributed by atoms with Crippen molar-refractivity contribution >= 4 is 11.6 Å². The number of alkyl halides is 6. The van der Waals surface area contributed by atoms with Crippen molar-refractivity contribution < 1.29 is 36.2 Å². The maximum atomic E-state index is 13.0. The Kier molecular flexibility index (Phi) is 4.61. The van der Waals surface area contributed by atoms with E-state index in [0.29, 0.717) is 0 Å². The Hall–Kier alpha value is -2.11. The number of rotatable bonds is 3. The number of hydrazone groups is 1. The first-order valence-electron chi connectivity index (χ1n) is 7.03. The highest BCUT2D eigenvalue weighted by atomic mass is 19.4. The van der Waals surface area contributed by atoms with Crippen molar-refractivity contribution in [3.63, 3.8) is 0 Å². The van der Waals surface area contributed by atoms with Crippen LogP contribution in [-0.2, 0) is 17.5 Å². The third kappa shape index (κ3) is 3.62. The predicted octanol–water partition coefficient (Wildman–Crippen LogP) is 2.46. The molecule has 2 rings (SSSR count). The minimum atomic E-state index is -5.13. The Morgan fingerprint density at radius 3 is 2.36 bits per heavy atom. The van der Waals surface area contributed by atoms with Crippen molar-refractivity contribution in [3.8, 4) is 0 Å². The second kappa shape index (κ2) is 6.00. The van der Waals surface area contributed by atoms with E-state index in [1.165, 1.54) is 13.8 Å². The van der Waals surface area contributed by atoms with Crippen LogP contribution >= 0.6 is 0 Å². The lowest BCUT2D eigenvalue weighted by Gasteiger charge is -2.32. The number of nitrogens with zero attached hydrogens (tertiary/aromatic N) is 4. The smallest absolute Gasteiger partial charge is 0.362 e. The third-order valence-electron chi connectivity index (χ3n) is 3.62. The average molecular weight is 372 g/mol. The van der Waals surface area contributed by atoms with E-state index in [9.17, 15) is 36.2 Å². The largest absolute Gasteiger partial charge is 0.438 e. The molecule has 0 aliphatic carbocycles. The molecule has 0 unspecified atom stereocenters. The van der Waals surface area contributed by atoms with E-state index in [-0.39, 0.29) is 23.0 Å². The fraction of sp³-hybridized carbons (Fsp3) is 0.615. The lowest BCUT2D eigenvalue weighted by Crippen LogP contribution is -2.56. The molecule has 1 amide bonds. The Labute approximate surface area is 137 Å². The highest BCUT2D eigenvalue weighted by Gasteiger charge is 2.62. The first-order valence-corrected chi connectivity index (χ1v) is 7.03. The highest BCUT2D eigenvalue weighted by Crippen LogP contribution is 2.40. The number of amides is 1. The fourth-order valence-electron chi connectivity index (χ4n) is 2.39. The summed E-state index contributed by atoms with van der Waals surface area (Å²) in [4.78, 5) is 12.0. The summed E-state index contributed by atoms with van der Waals surface area (Å²) in [5.41, 5.74) is -4.63. The zero-order valence-corrected chi connectivity index (χ0v) is 13.1. The summed E-state index contributed by atoms with van der Waals surface area (Å²) in [6.07, 6.45) is -11.3. The molecule has 0 radical (unpaired) electrons. The zero-order valence-electron chi connectivity index (χ0n) is 13.1. The van der Waals surface area contributed by atoms with Crippen molar-refractivity contribution in [2.24, 2.45) is 5.10 Å². The van der Waals surface area contributed by atoms with Crippen LogP contribution in [0.4, 0.5) is 26.3 Å². The lowest BCUT2D eigenvalue weighted by atomic mass is 10.1. The van der Waals surface area contributed by atoms with Crippen LogP contribution in [0, 0.1) is 6.92 Å². The quantitative estimate of drug-likeness (QED) is 0.829. The van der Waals surface area contributed by atoms with Crippen LogP contribution in [0.15, 0.2) is 11.2 Å². The van der Waals surface area contributed by atoms with Gasteiger partial charge in [-0.3, -0.25) is 9.48 Å². The van der Waals surface area contributed by atoms with E-state index in [1.54, 1.807) is 0 Å². The minimum absolute atomic E-state index is 0.0637. The molecule has 6 nitrogen and oxygen atoms in total. The molecule has 140 valence electrons. The predicted molar refractivity (Wildman–Crippen MR) is 72.2 cm³/mol. The van der Waals surface area contributed by atoms with Crippen molar-refractivity contribution in [1.82, 2.24) is 14.8 Å². The molecule has 1 aromatic rings. The summed E-state index contributed by atoms with van der Waals surface area (Å²) in [6, 6.07) is 0.759. The molecule has 0 saturated carbocycles. The summed E-state index contributed by atoms with van der Waals surface area (Å²) in [5, 5.41) is 16.4. The summed E-state index contributed by atoms with van der Waals surface area (Å²) >= 11 is 0. The molecule has 0 aromatic carbocycles. The number of carbonyl (C=O) groups excluding carboxylic acids is 1. The first-order chi connectivity index (χ1) is 11.3. The molecule has 1 aliphatic rings. The van der Waals surface area contributed by atoms with Gasteiger partial charge in [0, 0.05) is 24.2 Å². The molecule has 1 atom stereocenters. The molecule has 0 bridgehead atoms. The van der Waals surface area contributed by atoms with Crippen LogP contribution < -0.4 is 0 Å². The highest BCUT2D eigenvalue weighted by molar-refractivity contribution is 5.89. The molecule has 12 heteroatoms. The summed E-state index contributed by atoms with van der Waals surface area (Å²) in [6.45, 7) is 2.15. The monoisotopic (exact) mass is 372 g/mol. The number of aryl methyl sites for hydroxylation is 2. The SMILES string of the molecule is CC1=NN(C(=O)CCn2nc(C(F)(F)F)cc2C)[C@@](O)(C(F)(F)F)C1. The molecule has 25 heavy (non-hydrogen) atoms. The molecule has 0 spiro atoms. The number of hydrogen-bond acceptors (Lipinski definition) is 4. The van der Waals surface area contributed by atoms with Gasteiger partial charge in [-0.15, -0.1) is 0 Å². The van der Waals surface area contributed by atoms with Crippen molar-refractivity contribution in [1.29, 1.82) is 0 Å². The van der Waals surface area contributed by atoms with Gasteiger partial charge in [0.25, 0.3) is 5.72 Å². The van der Waals surface area contributed by atoms with Gasteiger partial charge in [-0.1, -0.05) is 0 Å². The molecule has 1 aromatic heterocycles. The Morgan fingerprint density at radius 1 is 1.28 bits per heavy atom. The van der Waals surface area contributed by atoms with E-state index in [1.807, 2.05) is 0 Å². The topological polar surface area (TPSA) is 70.7 Å². The van der Waals surface area contributed by atoms with Gasteiger partial charge in [-0.2, -0.15) is 41.6 Å². The van der Waals surface area contributed by atoms with Crippen LogP contribution in [0.1, 0.15) is 31.2 Å². The Morgan fingerprint density at radius 2 is 1.88 bits per heavy atom. The van der Waals surface area contributed by atoms with Gasteiger partial charge >= 0.3 is 12.4 Å². The van der Waals surface area contributed by atoms with Gasteiger partial charge in [0.1, 0.15) is 0 Å². The van der Waals surface area contributed by atoms with E-state index in [4.69, 9.17) is 0 Å². The second-order valence-corrected chi connectivity index (χ2v) is 5.67. The normalized spacial score (nSPS) is 21.6. The van der Waals surface area contributed by atoms with Gasteiger partial charge in [0.2, 0.25) is 5.91 Å². The van der Waals surface area contributed by atoms with E-state index in [0.717, 1.165) is 10.7 Å². The number of aromatic nitrogens is 2. The molecule has 0 fully saturated rings. The third-order valence-corrected chi connectivity index (χ3v) is 3.62. The number of aliphatic hydroxyl groups is 1. The second-order valence-electron chi connectivity index (χ2n) is 5.67. The number of hydrogen-bond donors (Lipinski definition) is 1. The molecule has 1 aliphatic heterocycles. The van der Waals surface area contributed by atoms with Gasteiger partial charge in [-0.05, 0) is 19.9 Å². The zero-order chi connectivity index (χ0) is 19.2. The van der Waals surface area contributed by atoms with Gasteiger partial charge < -0.3 is 5.11 Å². The molecule has 0 saturated heterocycles. The van der Waals surface area contributed by atoms with E-state index in [2.05, 4.69) is 10.2 Å². The Balaban J connectivity index is 2.14. The molecular weight excluding hydrogens is 358 g/mol. The van der Waals surface area contributed by atoms with E-state index < -0.39 is 42.5 Å². The number of carbonyl (C=O) groups is 1. The van der Waals surface area contributed by atoms with Gasteiger partial charge in [0.05, 0.1) is 6.54 Å². The average Bonchev–Trinajstić information content (AvgIpc) is 2.96.